The van der Waals surface area contributed by atoms with E-state index in [1.807, 2.05) is 54.3 Å². The van der Waals surface area contributed by atoms with Crippen LogP contribution in [0.15, 0.2) is 107 Å². The van der Waals surface area contributed by atoms with E-state index in [0.29, 0.717) is 34.0 Å². The second-order valence-electron chi connectivity index (χ2n) is 9.15. The van der Waals surface area contributed by atoms with E-state index in [9.17, 15) is 13.2 Å². The molecule has 0 fully saturated rings. The number of anilines is 3. The molecule has 3 heterocycles. The number of hydrogen-bond acceptors (Lipinski definition) is 7. The molecule has 0 aliphatic carbocycles. The first kappa shape index (κ1) is 22.4. The molecule has 7 rings (SSSR count). The topological polar surface area (TPSA) is 89.5 Å². The predicted molar refractivity (Wildman–Crippen MR) is 142 cm³/mol. The third-order valence-electron chi connectivity index (χ3n) is 6.75. The van der Waals surface area contributed by atoms with Crippen LogP contribution in [-0.2, 0) is 9.84 Å². The first-order valence-corrected chi connectivity index (χ1v) is 13.4. The summed E-state index contributed by atoms with van der Waals surface area (Å²) in [6.07, 6.45) is 1.55. The zero-order chi connectivity index (χ0) is 26.0. The van der Waals surface area contributed by atoms with Crippen LogP contribution in [0.5, 0.6) is 11.5 Å². The lowest BCUT2D eigenvalue weighted by Crippen LogP contribution is -2.18. The first-order valence-electron chi connectivity index (χ1n) is 12.0. The Morgan fingerprint density at radius 1 is 0.789 bits per heavy atom. The minimum Gasteiger partial charge on any atom is -0.453 e. The van der Waals surface area contributed by atoms with Crippen LogP contribution < -0.4 is 9.64 Å². The average molecular weight is 518 g/mol. The number of aryl methyl sites for hydroxylation is 1. The minimum atomic E-state index is -3.61. The van der Waals surface area contributed by atoms with Gasteiger partial charge in [0.25, 0.3) is 0 Å². The van der Waals surface area contributed by atoms with E-state index >= 15 is 0 Å². The van der Waals surface area contributed by atoms with Crippen LogP contribution >= 0.6 is 0 Å². The van der Waals surface area contributed by atoms with Crippen molar-refractivity contribution >= 4 is 32.8 Å². The van der Waals surface area contributed by atoms with Gasteiger partial charge in [-0.3, -0.25) is 9.69 Å². The lowest BCUT2D eigenvalue weighted by Gasteiger charge is -2.32. The molecule has 38 heavy (non-hydrogen) atoms. The van der Waals surface area contributed by atoms with Crippen molar-refractivity contribution in [3.05, 3.63) is 114 Å². The number of rotatable bonds is 3. The predicted octanol–water partition coefficient (Wildman–Crippen LogP) is 6.40. The van der Waals surface area contributed by atoms with Crippen LogP contribution in [0.4, 0.5) is 17.2 Å². The van der Waals surface area contributed by atoms with Gasteiger partial charge in [-0.15, -0.1) is 0 Å². The molecule has 0 spiro atoms. The largest absolute Gasteiger partial charge is 0.453 e. The fourth-order valence-electron chi connectivity index (χ4n) is 4.98. The highest BCUT2D eigenvalue weighted by Gasteiger charge is 2.33. The maximum atomic E-state index is 13.6. The summed E-state index contributed by atoms with van der Waals surface area (Å²) in [4.78, 5) is 24.9. The quantitative estimate of drug-likeness (QED) is 0.250. The molecule has 0 amide bonds. The van der Waals surface area contributed by atoms with Crippen molar-refractivity contribution in [3.63, 3.8) is 0 Å². The molecule has 184 valence electrons. The molecular weight excluding hydrogens is 498 g/mol. The van der Waals surface area contributed by atoms with Gasteiger partial charge in [-0.05, 0) is 67.1 Å². The molecule has 8 heteroatoms. The molecule has 0 radical (unpaired) electrons. The van der Waals surface area contributed by atoms with Crippen LogP contribution in [0.25, 0.3) is 11.1 Å². The normalized spacial score (nSPS) is 14.1. The van der Waals surface area contributed by atoms with Gasteiger partial charge in [0.05, 0.1) is 21.2 Å². The van der Waals surface area contributed by atoms with E-state index in [1.165, 1.54) is 12.1 Å². The van der Waals surface area contributed by atoms with Gasteiger partial charge in [-0.2, -0.15) is 0 Å². The fourth-order valence-corrected chi connectivity index (χ4v) is 6.65. The Bertz CT molecular complexity index is 1920. The van der Waals surface area contributed by atoms with Crippen molar-refractivity contribution in [1.82, 2.24) is 9.97 Å². The number of nitrogens with zero attached hydrogens (tertiary/aromatic N) is 3. The molecule has 0 atom stereocenters. The first-order chi connectivity index (χ1) is 18.4. The Morgan fingerprint density at radius 2 is 1.55 bits per heavy atom. The summed E-state index contributed by atoms with van der Waals surface area (Å²) in [5.74, 6) is 1.49. The SMILES string of the molecule is Cc1ccc2c(c1)Oc1ccccc1N2c1ccnc(C(=O)c2ccc3c(c2)-c2ccccc2S3(=O)=O)n1. The summed E-state index contributed by atoms with van der Waals surface area (Å²) in [7, 11) is -3.61. The third-order valence-corrected chi connectivity index (χ3v) is 8.62. The van der Waals surface area contributed by atoms with Gasteiger partial charge in [0.1, 0.15) is 5.82 Å². The third kappa shape index (κ3) is 3.27. The summed E-state index contributed by atoms with van der Waals surface area (Å²) in [5, 5.41) is 0. The second-order valence-corrected chi connectivity index (χ2v) is 11.0. The van der Waals surface area contributed by atoms with E-state index in [1.54, 1.807) is 42.6 Å². The summed E-state index contributed by atoms with van der Waals surface area (Å²) in [6.45, 7) is 2.00. The average Bonchev–Trinajstić information content (AvgIpc) is 3.17. The highest BCUT2D eigenvalue weighted by atomic mass is 32.2. The molecule has 7 nitrogen and oxygen atoms in total. The number of aromatic nitrogens is 2. The van der Waals surface area contributed by atoms with Gasteiger partial charge >= 0.3 is 0 Å². The number of carbonyl (C=O) groups excluding carboxylic acids is 1. The van der Waals surface area contributed by atoms with Gasteiger partial charge in [0.15, 0.2) is 11.5 Å². The number of ketones is 1. The highest BCUT2D eigenvalue weighted by Crippen LogP contribution is 2.50. The van der Waals surface area contributed by atoms with Crippen LogP contribution in [0.3, 0.4) is 0 Å². The zero-order valence-corrected chi connectivity index (χ0v) is 20.9. The molecule has 2 aliphatic rings. The number of sulfone groups is 1. The van der Waals surface area contributed by atoms with Crippen molar-refractivity contribution in [2.45, 2.75) is 16.7 Å². The molecule has 0 saturated heterocycles. The van der Waals surface area contributed by atoms with Crippen LogP contribution in [0.1, 0.15) is 21.7 Å². The maximum absolute atomic E-state index is 13.6. The molecule has 0 N–H and O–H groups in total. The standard InChI is InChI=1S/C30H19N3O4S/c1-18-10-12-23-25(16-18)37-24-8-4-3-7-22(24)33(23)28-14-15-31-30(32-28)29(34)19-11-13-27-21(17-19)20-6-2-5-9-26(20)38(27,35)36/h2-17H,1H3. The summed E-state index contributed by atoms with van der Waals surface area (Å²) < 4.78 is 32.0. The summed E-state index contributed by atoms with van der Waals surface area (Å²) >= 11 is 0. The van der Waals surface area contributed by atoms with E-state index in [-0.39, 0.29) is 15.6 Å². The van der Waals surface area contributed by atoms with Crippen molar-refractivity contribution < 1.29 is 17.9 Å². The van der Waals surface area contributed by atoms with Gasteiger partial charge in [0, 0.05) is 22.9 Å². The number of benzene rings is 4. The Morgan fingerprint density at radius 3 is 2.45 bits per heavy atom. The Labute approximate surface area is 218 Å². The summed E-state index contributed by atoms with van der Waals surface area (Å²) in [6, 6.07) is 26.7. The molecule has 2 aliphatic heterocycles. The molecule has 1 aromatic heterocycles. The molecule has 4 aromatic carbocycles. The van der Waals surface area contributed by atoms with E-state index in [0.717, 1.165) is 16.9 Å². The van der Waals surface area contributed by atoms with Crippen LogP contribution in [0, 0.1) is 6.92 Å². The smallest absolute Gasteiger partial charge is 0.230 e. The van der Waals surface area contributed by atoms with Crippen LogP contribution in [-0.4, -0.2) is 24.2 Å². The van der Waals surface area contributed by atoms with E-state index in [4.69, 9.17) is 4.74 Å². The number of para-hydroxylation sites is 2. The van der Waals surface area contributed by atoms with Crippen molar-refractivity contribution in [1.29, 1.82) is 0 Å². The van der Waals surface area contributed by atoms with E-state index < -0.39 is 15.6 Å². The van der Waals surface area contributed by atoms with Gasteiger partial charge in [-0.1, -0.05) is 36.4 Å². The fraction of sp³-hybridized carbons (Fsp3) is 0.0333. The lowest BCUT2D eigenvalue weighted by atomic mass is 10.0. The van der Waals surface area contributed by atoms with Gasteiger partial charge in [-0.25, -0.2) is 18.4 Å². The van der Waals surface area contributed by atoms with Crippen molar-refractivity contribution in [3.8, 4) is 22.6 Å². The molecule has 0 unspecified atom stereocenters. The Hall–Kier alpha value is -4.82. The lowest BCUT2D eigenvalue weighted by molar-refractivity contribution is 0.102. The highest BCUT2D eigenvalue weighted by molar-refractivity contribution is 7.92. The number of ether oxygens (including phenoxy) is 1. The molecule has 0 bridgehead atoms. The molecule has 0 saturated carbocycles. The molecular formula is C30H19N3O4S. The number of hydrogen-bond donors (Lipinski definition) is 0. The maximum Gasteiger partial charge on any atom is 0.230 e. The molecule has 5 aromatic rings. The van der Waals surface area contributed by atoms with Gasteiger partial charge < -0.3 is 4.74 Å². The number of carbonyl (C=O) groups is 1. The van der Waals surface area contributed by atoms with E-state index in [2.05, 4.69) is 9.97 Å². The van der Waals surface area contributed by atoms with Crippen LogP contribution in [0.2, 0.25) is 0 Å². The number of fused-ring (bicyclic) bond motifs is 5. The van der Waals surface area contributed by atoms with Crippen molar-refractivity contribution in [2.24, 2.45) is 0 Å². The Kier molecular flexibility index (Phi) is 4.77. The minimum absolute atomic E-state index is 0.00854. The summed E-state index contributed by atoms with van der Waals surface area (Å²) in [5.41, 5.74) is 4.05. The zero-order valence-electron chi connectivity index (χ0n) is 20.1. The van der Waals surface area contributed by atoms with Gasteiger partial charge in [0.2, 0.25) is 21.4 Å². The monoisotopic (exact) mass is 517 g/mol. The van der Waals surface area contributed by atoms with Crippen molar-refractivity contribution in [2.75, 3.05) is 4.90 Å². The Balaban J connectivity index is 1.32. The second kappa shape index (κ2) is 8.09.